The van der Waals surface area contributed by atoms with E-state index >= 15 is 0 Å². The normalized spacial score (nSPS) is 10.2. The second-order valence-electron chi connectivity index (χ2n) is 3.88. The van der Waals surface area contributed by atoms with Crippen LogP contribution in [0.1, 0.15) is 6.42 Å². The summed E-state index contributed by atoms with van der Waals surface area (Å²) >= 11 is 0. The number of hydrogen-bond acceptors (Lipinski definition) is 2. The Bertz CT molecular complexity index is 517. The summed E-state index contributed by atoms with van der Waals surface area (Å²) in [6.07, 6.45) is 0.486. The van der Waals surface area contributed by atoms with Crippen LogP contribution in [0.5, 0.6) is 0 Å². The van der Waals surface area contributed by atoms with Crippen molar-refractivity contribution in [3.05, 3.63) is 42.5 Å². The van der Waals surface area contributed by atoms with Crippen LogP contribution in [0.3, 0.4) is 0 Å². The number of carbonyl (C=O) groups is 1. The molecule has 2 rings (SSSR count). The van der Waals surface area contributed by atoms with Gasteiger partial charge in [0.1, 0.15) is 0 Å². The zero-order valence-electron chi connectivity index (χ0n) is 9.86. The summed E-state index contributed by atoms with van der Waals surface area (Å²) in [6.45, 7) is 0.647. The summed E-state index contributed by atoms with van der Waals surface area (Å²) in [7, 11) is 1.65. The molecule has 2 aromatic carbocycles. The standard InChI is InChI=1S/C14H16N2O/c1-15-14(17)9-10-16-13-8-4-6-11-5-2-3-7-12(11)13/h2-8,16H,9-10H2,1H3,(H,15,17). The van der Waals surface area contributed by atoms with E-state index in [1.807, 2.05) is 24.3 Å². The van der Waals surface area contributed by atoms with Crippen molar-refractivity contribution < 1.29 is 4.79 Å². The first-order valence-corrected chi connectivity index (χ1v) is 5.73. The summed E-state index contributed by atoms with van der Waals surface area (Å²) < 4.78 is 0. The fraction of sp³-hybridized carbons (Fsp3) is 0.214. The minimum absolute atomic E-state index is 0.0535. The lowest BCUT2D eigenvalue weighted by atomic mass is 10.1. The molecule has 0 saturated heterocycles. The lowest BCUT2D eigenvalue weighted by molar-refractivity contribution is -0.120. The molecule has 0 fully saturated rings. The first kappa shape index (κ1) is 11.5. The smallest absolute Gasteiger partial charge is 0.221 e. The van der Waals surface area contributed by atoms with Crippen LogP contribution < -0.4 is 10.6 Å². The summed E-state index contributed by atoms with van der Waals surface area (Å²) in [5, 5.41) is 8.29. The van der Waals surface area contributed by atoms with Crippen LogP contribution in [0.4, 0.5) is 5.69 Å². The van der Waals surface area contributed by atoms with Gasteiger partial charge in [-0.25, -0.2) is 0 Å². The Morgan fingerprint density at radius 3 is 2.71 bits per heavy atom. The average Bonchev–Trinajstić information content (AvgIpc) is 2.39. The van der Waals surface area contributed by atoms with Gasteiger partial charge in [-0.1, -0.05) is 36.4 Å². The molecule has 17 heavy (non-hydrogen) atoms. The fourth-order valence-electron chi connectivity index (χ4n) is 1.82. The van der Waals surface area contributed by atoms with E-state index < -0.39 is 0 Å². The van der Waals surface area contributed by atoms with E-state index in [2.05, 4.69) is 28.8 Å². The number of rotatable bonds is 4. The van der Waals surface area contributed by atoms with Gasteiger partial charge in [0.2, 0.25) is 5.91 Å². The molecule has 3 heteroatoms. The third-order valence-electron chi connectivity index (χ3n) is 2.74. The van der Waals surface area contributed by atoms with Gasteiger partial charge in [0.05, 0.1) is 0 Å². The van der Waals surface area contributed by atoms with Gasteiger partial charge in [0.15, 0.2) is 0 Å². The predicted molar refractivity (Wildman–Crippen MR) is 71.1 cm³/mol. The zero-order valence-corrected chi connectivity index (χ0v) is 9.86. The maximum absolute atomic E-state index is 11.1. The third-order valence-corrected chi connectivity index (χ3v) is 2.74. The van der Waals surface area contributed by atoms with Crippen LogP contribution in [0.2, 0.25) is 0 Å². The Kier molecular flexibility index (Phi) is 3.60. The van der Waals surface area contributed by atoms with Crippen molar-refractivity contribution in [2.75, 3.05) is 18.9 Å². The Hall–Kier alpha value is -2.03. The largest absolute Gasteiger partial charge is 0.384 e. The second-order valence-corrected chi connectivity index (χ2v) is 3.88. The van der Waals surface area contributed by atoms with Crippen LogP contribution in [-0.4, -0.2) is 19.5 Å². The maximum Gasteiger partial charge on any atom is 0.221 e. The molecular formula is C14H16N2O. The molecule has 2 aromatic rings. The van der Waals surface area contributed by atoms with Crippen molar-refractivity contribution in [3.63, 3.8) is 0 Å². The molecule has 0 aromatic heterocycles. The highest BCUT2D eigenvalue weighted by Gasteiger charge is 2.00. The molecule has 2 N–H and O–H groups in total. The molecule has 0 radical (unpaired) electrons. The van der Waals surface area contributed by atoms with E-state index in [0.717, 1.165) is 5.69 Å². The zero-order chi connectivity index (χ0) is 12.1. The number of hydrogen-bond donors (Lipinski definition) is 2. The summed E-state index contributed by atoms with van der Waals surface area (Å²) in [6, 6.07) is 14.3. The molecule has 0 atom stereocenters. The molecule has 0 bridgehead atoms. The Balaban J connectivity index is 2.11. The van der Waals surface area contributed by atoms with E-state index in [1.165, 1.54) is 10.8 Å². The van der Waals surface area contributed by atoms with Gasteiger partial charge < -0.3 is 10.6 Å². The first-order valence-electron chi connectivity index (χ1n) is 5.73. The number of benzene rings is 2. The minimum atomic E-state index is 0.0535. The molecule has 0 heterocycles. The van der Waals surface area contributed by atoms with Crippen molar-refractivity contribution in [1.29, 1.82) is 0 Å². The molecule has 0 aliphatic carbocycles. The highest BCUT2D eigenvalue weighted by Crippen LogP contribution is 2.22. The van der Waals surface area contributed by atoms with Crippen molar-refractivity contribution in [3.8, 4) is 0 Å². The van der Waals surface area contributed by atoms with Gasteiger partial charge in [-0.2, -0.15) is 0 Å². The average molecular weight is 228 g/mol. The summed E-state index contributed by atoms with van der Waals surface area (Å²) in [5.74, 6) is 0.0535. The third kappa shape index (κ3) is 2.75. The molecule has 0 saturated carbocycles. The van der Waals surface area contributed by atoms with Gasteiger partial charge in [-0.3, -0.25) is 4.79 Å². The van der Waals surface area contributed by atoms with Crippen molar-refractivity contribution in [2.45, 2.75) is 6.42 Å². The van der Waals surface area contributed by atoms with Crippen molar-refractivity contribution >= 4 is 22.4 Å². The first-order chi connectivity index (χ1) is 8.31. The van der Waals surface area contributed by atoms with E-state index in [9.17, 15) is 4.79 Å². The summed E-state index contributed by atoms with van der Waals surface area (Å²) in [5.41, 5.74) is 1.08. The predicted octanol–water partition coefficient (Wildman–Crippen LogP) is 2.39. The van der Waals surface area contributed by atoms with Crippen LogP contribution in [0.25, 0.3) is 10.8 Å². The Morgan fingerprint density at radius 2 is 1.88 bits per heavy atom. The minimum Gasteiger partial charge on any atom is -0.384 e. The van der Waals surface area contributed by atoms with E-state index in [4.69, 9.17) is 0 Å². The van der Waals surface area contributed by atoms with Crippen LogP contribution in [-0.2, 0) is 4.79 Å². The molecule has 0 unspecified atom stereocenters. The lowest BCUT2D eigenvalue weighted by Gasteiger charge is -2.09. The number of carbonyl (C=O) groups excluding carboxylic acids is 1. The molecule has 3 nitrogen and oxygen atoms in total. The lowest BCUT2D eigenvalue weighted by Crippen LogP contribution is -2.20. The van der Waals surface area contributed by atoms with Crippen molar-refractivity contribution in [2.24, 2.45) is 0 Å². The van der Waals surface area contributed by atoms with Gasteiger partial charge >= 0.3 is 0 Å². The fourth-order valence-corrected chi connectivity index (χ4v) is 1.82. The van der Waals surface area contributed by atoms with E-state index in [1.54, 1.807) is 7.05 Å². The quantitative estimate of drug-likeness (QED) is 0.843. The van der Waals surface area contributed by atoms with E-state index in [0.29, 0.717) is 13.0 Å². The van der Waals surface area contributed by atoms with Crippen LogP contribution in [0.15, 0.2) is 42.5 Å². The number of anilines is 1. The van der Waals surface area contributed by atoms with Gasteiger partial charge in [-0.05, 0) is 11.5 Å². The Morgan fingerprint density at radius 1 is 1.12 bits per heavy atom. The number of fused-ring (bicyclic) bond motifs is 1. The highest BCUT2D eigenvalue weighted by molar-refractivity contribution is 5.93. The molecule has 1 amide bonds. The topological polar surface area (TPSA) is 41.1 Å². The molecule has 0 spiro atoms. The van der Waals surface area contributed by atoms with Crippen molar-refractivity contribution in [1.82, 2.24) is 5.32 Å². The Labute approximate surface area is 101 Å². The van der Waals surface area contributed by atoms with Gasteiger partial charge in [0.25, 0.3) is 0 Å². The van der Waals surface area contributed by atoms with Crippen LogP contribution in [0, 0.1) is 0 Å². The van der Waals surface area contributed by atoms with E-state index in [-0.39, 0.29) is 5.91 Å². The second kappa shape index (κ2) is 5.34. The monoisotopic (exact) mass is 228 g/mol. The highest BCUT2D eigenvalue weighted by atomic mass is 16.1. The molecular weight excluding hydrogens is 212 g/mol. The number of amides is 1. The number of nitrogens with one attached hydrogen (secondary N) is 2. The SMILES string of the molecule is CNC(=O)CCNc1cccc2ccccc12. The van der Waals surface area contributed by atoms with Gasteiger partial charge in [-0.15, -0.1) is 0 Å². The van der Waals surface area contributed by atoms with Crippen LogP contribution >= 0.6 is 0 Å². The van der Waals surface area contributed by atoms with Gasteiger partial charge in [0, 0.05) is 31.1 Å². The molecule has 0 aliphatic rings. The molecule has 88 valence electrons. The summed E-state index contributed by atoms with van der Waals surface area (Å²) in [4.78, 5) is 11.1. The maximum atomic E-state index is 11.1. The molecule has 0 aliphatic heterocycles.